The van der Waals surface area contributed by atoms with E-state index in [1.54, 1.807) is 12.3 Å². The van der Waals surface area contributed by atoms with Gasteiger partial charge < -0.3 is 10.1 Å². The van der Waals surface area contributed by atoms with Crippen LogP contribution in [0.1, 0.15) is 24.2 Å². The van der Waals surface area contributed by atoms with Gasteiger partial charge in [-0.2, -0.15) is 0 Å². The normalized spacial score (nSPS) is 12.2. The molecule has 2 aromatic rings. The fraction of sp³-hybridized carbons (Fsp3) is 0.267. The lowest BCUT2D eigenvalue weighted by molar-refractivity contribution is 0.385. The van der Waals surface area contributed by atoms with Gasteiger partial charge in [-0.05, 0) is 62.5 Å². The van der Waals surface area contributed by atoms with Gasteiger partial charge in [-0.3, -0.25) is 4.98 Å². The van der Waals surface area contributed by atoms with Crippen LogP contribution in [-0.2, 0) is 6.54 Å². The molecule has 2 rings (SSSR count). The van der Waals surface area contributed by atoms with Crippen molar-refractivity contribution in [2.24, 2.45) is 0 Å². The van der Waals surface area contributed by atoms with Crippen LogP contribution in [0.5, 0.6) is 5.75 Å². The molecule has 0 bridgehead atoms. The highest BCUT2D eigenvalue weighted by atomic mass is 79.9. The Hall–Kier alpha value is -0.980. The van der Waals surface area contributed by atoms with Crippen molar-refractivity contribution in [3.8, 4) is 5.75 Å². The summed E-state index contributed by atoms with van der Waals surface area (Å²) in [6.45, 7) is 2.57. The monoisotopic (exact) mass is 416 g/mol. The quantitative estimate of drug-likeness (QED) is 0.771. The zero-order valence-electron chi connectivity index (χ0n) is 11.7. The standard InChI is InChI=1S/C15H15Br2FN2O/c1-9(10-3-4-15(21-2)13(18)5-10)19-8-14-12(17)6-11(16)7-20-14/h3-7,9,19H,8H2,1-2H3. The number of benzene rings is 1. The van der Waals surface area contributed by atoms with Crippen molar-refractivity contribution in [1.29, 1.82) is 0 Å². The lowest BCUT2D eigenvalue weighted by Crippen LogP contribution is -2.19. The van der Waals surface area contributed by atoms with E-state index in [-0.39, 0.29) is 17.6 Å². The molecule has 0 saturated heterocycles. The van der Waals surface area contributed by atoms with E-state index >= 15 is 0 Å². The van der Waals surface area contributed by atoms with Crippen LogP contribution < -0.4 is 10.1 Å². The van der Waals surface area contributed by atoms with Crippen LogP contribution in [0.3, 0.4) is 0 Å². The van der Waals surface area contributed by atoms with Crippen molar-refractivity contribution < 1.29 is 9.13 Å². The molecular weight excluding hydrogens is 403 g/mol. The number of nitrogens with zero attached hydrogens (tertiary/aromatic N) is 1. The van der Waals surface area contributed by atoms with E-state index in [0.29, 0.717) is 6.54 Å². The topological polar surface area (TPSA) is 34.1 Å². The number of hydrogen-bond donors (Lipinski definition) is 1. The van der Waals surface area contributed by atoms with Crippen molar-refractivity contribution in [2.75, 3.05) is 7.11 Å². The summed E-state index contributed by atoms with van der Waals surface area (Å²) in [5, 5.41) is 3.32. The van der Waals surface area contributed by atoms with Gasteiger partial charge in [0, 0.05) is 27.7 Å². The molecular formula is C15H15Br2FN2O. The summed E-state index contributed by atoms with van der Waals surface area (Å²) >= 11 is 6.84. The Morgan fingerprint density at radius 2 is 2.10 bits per heavy atom. The van der Waals surface area contributed by atoms with Crippen molar-refractivity contribution in [3.63, 3.8) is 0 Å². The molecule has 1 N–H and O–H groups in total. The van der Waals surface area contributed by atoms with Crippen LogP contribution in [-0.4, -0.2) is 12.1 Å². The van der Waals surface area contributed by atoms with Gasteiger partial charge in [0.2, 0.25) is 0 Å². The van der Waals surface area contributed by atoms with Crippen LogP contribution in [0.2, 0.25) is 0 Å². The van der Waals surface area contributed by atoms with Gasteiger partial charge in [0.05, 0.1) is 12.8 Å². The highest BCUT2D eigenvalue weighted by Gasteiger charge is 2.10. The molecule has 3 nitrogen and oxygen atoms in total. The third-order valence-electron chi connectivity index (χ3n) is 3.14. The molecule has 0 aliphatic heterocycles. The lowest BCUT2D eigenvalue weighted by atomic mass is 10.1. The van der Waals surface area contributed by atoms with Gasteiger partial charge in [0.25, 0.3) is 0 Å². The SMILES string of the molecule is COc1ccc(C(C)NCc2ncc(Br)cc2Br)cc1F. The maximum absolute atomic E-state index is 13.7. The molecule has 1 aromatic carbocycles. The Kier molecular flexibility index (Phi) is 5.72. The molecule has 1 atom stereocenters. The summed E-state index contributed by atoms with van der Waals surface area (Å²) in [5.41, 5.74) is 1.76. The van der Waals surface area contributed by atoms with Crippen LogP contribution in [0.4, 0.5) is 4.39 Å². The Morgan fingerprint density at radius 1 is 1.33 bits per heavy atom. The predicted octanol–water partition coefficient (Wildman–Crippen LogP) is 4.61. The minimum absolute atomic E-state index is 0.00255. The second kappa shape index (κ2) is 7.33. The third-order valence-corrected chi connectivity index (χ3v) is 4.26. The number of pyridine rings is 1. The fourth-order valence-electron chi connectivity index (χ4n) is 1.89. The number of hydrogen-bond acceptors (Lipinski definition) is 3. The molecule has 0 aliphatic carbocycles. The van der Waals surface area contributed by atoms with Crippen molar-refractivity contribution in [3.05, 3.63) is 56.5 Å². The van der Waals surface area contributed by atoms with Gasteiger partial charge in [-0.15, -0.1) is 0 Å². The molecule has 6 heteroatoms. The Bertz CT molecular complexity index is 637. The summed E-state index contributed by atoms with van der Waals surface area (Å²) in [6.07, 6.45) is 1.75. The maximum atomic E-state index is 13.7. The van der Waals surface area contributed by atoms with Gasteiger partial charge in [0.1, 0.15) is 0 Å². The maximum Gasteiger partial charge on any atom is 0.165 e. The van der Waals surface area contributed by atoms with E-state index < -0.39 is 0 Å². The molecule has 0 spiro atoms. The van der Waals surface area contributed by atoms with E-state index in [2.05, 4.69) is 42.2 Å². The first-order valence-corrected chi connectivity index (χ1v) is 7.96. The average molecular weight is 418 g/mol. The van der Waals surface area contributed by atoms with Gasteiger partial charge in [-0.25, -0.2) is 4.39 Å². The van der Waals surface area contributed by atoms with Crippen molar-refractivity contribution in [1.82, 2.24) is 10.3 Å². The number of ether oxygens (including phenoxy) is 1. The number of aromatic nitrogens is 1. The van der Waals surface area contributed by atoms with E-state index in [1.807, 2.05) is 19.1 Å². The number of methoxy groups -OCH3 is 1. The fourth-order valence-corrected chi connectivity index (χ4v) is 3.02. The first-order chi connectivity index (χ1) is 10.0. The molecule has 0 radical (unpaired) electrons. The van der Waals surface area contributed by atoms with E-state index in [0.717, 1.165) is 20.2 Å². The highest BCUT2D eigenvalue weighted by molar-refractivity contribution is 9.11. The van der Waals surface area contributed by atoms with E-state index in [4.69, 9.17) is 4.74 Å². The zero-order chi connectivity index (χ0) is 15.4. The zero-order valence-corrected chi connectivity index (χ0v) is 14.8. The molecule has 1 aromatic heterocycles. The van der Waals surface area contributed by atoms with Crippen LogP contribution in [0.15, 0.2) is 39.4 Å². The molecule has 1 unspecified atom stereocenters. The lowest BCUT2D eigenvalue weighted by Gasteiger charge is -2.15. The summed E-state index contributed by atoms with van der Waals surface area (Å²) in [5.74, 6) is -0.102. The van der Waals surface area contributed by atoms with Gasteiger partial charge in [0.15, 0.2) is 11.6 Å². The first kappa shape index (κ1) is 16.4. The summed E-state index contributed by atoms with van der Waals surface area (Å²) in [4.78, 5) is 4.34. The second-order valence-corrected chi connectivity index (χ2v) is 6.35. The summed E-state index contributed by atoms with van der Waals surface area (Å²) < 4.78 is 20.5. The molecule has 0 fully saturated rings. The Balaban J connectivity index is 2.04. The second-order valence-electron chi connectivity index (χ2n) is 4.58. The summed E-state index contributed by atoms with van der Waals surface area (Å²) in [7, 11) is 1.45. The number of nitrogens with one attached hydrogen (secondary N) is 1. The molecule has 0 saturated carbocycles. The number of halogens is 3. The molecule has 0 aliphatic rings. The molecule has 112 valence electrons. The molecule has 1 heterocycles. The Labute approximate surface area is 140 Å². The van der Waals surface area contributed by atoms with E-state index in [1.165, 1.54) is 13.2 Å². The minimum Gasteiger partial charge on any atom is -0.494 e. The van der Waals surface area contributed by atoms with Crippen LogP contribution in [0, 0.1) is 5.82 Å². The minimum atomic E-state index is -0.355. The highest BCUT2D eigenvalue weighted by Crippen LogP contribution is 2.23. The van der Waals surface area contributed by atoms with Crippen LogP contribution >= 0.6 is 31.9 Å². The molecule has 21 heavy (non-hydrogen) atoms. The predicted molar refractivity (Wildman–Crippen MR) is 87.8 cm³/mol. The average Bonchev–Trinajstić information content (AvgIpc) is 2.46. The summed E-state index contributed by atoms with van der Waals surface area (Å²) in [6, 6.07) is 6.92. The molecule has 0 amide bonds. The smallest absolute Gasteiger partial charge is 0.165 e. The largest absolute Gasteiger partial charge is 0.494 e. The van der Waals surface area contributed by atoms with Gasteiger partial charge >= 0.3 is 0 Å². The first-order valence-electron chi connectivity index (χ1n) is 6.38. The number of rotatable bonds is 5. The van der Waals surface area contributed by atoms with Crippen molar-refractivity contribution >= 4 is 31.9 Å². The Morgan fingerprint density at radius 3 is 2.71 bits per heavy atom. The van der Waals surface area contributed by atoms with Gasteiger partial charge in [-0.1, -0.05) is 6.07 Å². The van der Waals surface area contributed by atoms with Crippen molar-refractivity contribution in [2.45, 2.75) is 19.5 Å². The van der Waals surface area contributed by atoms with Crippen LogP contribution in [0.25, 0.3) is 0 Å². The van der Waals surface area contributed by atoms with E-state index in [9.17, 15) is 4.39 Å². The third kappa shape index (κ3) is 4.25.